The lowest BCUT2D eigenvalue weighted by molar-refractivity contribution is 0.0933. The molecule has 0 fully saturated rings. The molecular formula is C33H29N9O3. The SMILES string of the molecule is COc1ccccc1Nc1cc(NN=Cc2cn(C(C)=O)c3ccccc23)nc(NN=Cc2cn(C(C)=O)c3ccccc23)n1. The highest BCUT2D eigenvalue weighted by Crippen LogP contribution is 2.28. The van der Waals surface area contributed by atoms with Crippen molar-refractivity contribution in [3.63, 3.8) is 0 Å². The third-order valence-electron chi connectivity index (χ3n) is 7.01. The molecule has 0 atom stereocenters. The van der Waals surface area contributed by atoms with E-state index in [0.29, 0.717) is 23.1 Å². The first kappa shape index (κ1) is 28.8. The molecule has 0 saturated carbocycles. The molecule has 0 unspecified atom stereocenters. The summed E-state index contributed by atoms with van der Waals surface area (Å²) in [6, 6.07) is 24.4. The van der Waals surface area contributed by atoms with Crippen molar-refractivity contribution in [2.45, 2.75) is 13.8 Å². The first-order valence-corrected chi connectivity index (χ1v) is 14.0. The summed E-state index contributed by atoms with van der Waals surface area (Å²) in [5.74, 6) is 1.46. The van der Waals surface area contributed by atoms with E-state index >= 15 is 0 Å². The van der Waals surface area contributed by atoms with Crippen molar-refractivity contribution in [1.29, 1.82) is 0 Å². The van der Waals surface area contributed by atoms with Gasteiger partial charge < -0.3 is 10.1 Å². The van der Waals surface area contributed by atoms with Gasteiger partial charge in [0.2, 0.25) is 17.8 Å². The molecule has 0 radical (unpaired) electrons. The van der Waals surface area contributed by atoms with Gasteiger partial charge in [0.15, 0.2) is 5.82 Å². The number of benzene rings is 3. The van der Waals surface area contributed by atoms with Crippen LogP contribution in [0.2, 0.25) is 0 Å². The van der Waals surface area contributed by atoms with Crippen molar-refractivity contribution >= 4 is 69.3 Å². The number of nitrogens with zero attached hydrogens (tertiary/aromatic N) is 6. The molecule has 3 N–H and O–H groups in total. The third-order valence-corrected chi connectivity index (χ3v) is 7.01. The van der Waals surface area contributed by atoms with Gasteiger partial charge >= 0.3 is 0 Å². The second-order valence-electron chi connectivity index (χ2n) is 10.0. The Hall–Kier alpha value is -6.30. The largest absolute Gasteiger partial charge is 0.495 e. The van der Waals surface area contributed by atoms with Crippen LogP contribution in [0.25, 0.3) is 21.8 Å². The number of carbonyl (C=O) groups excluding carboxylic acids is 2. The maximum Gasteiger partial charge on any atom is 0.247 e. The van der Waals surface area contributed by atoms with Gasteiger partial charge in [-0.1, -0.05) is 48.5 Å². The normalized spacial score (nSPS) is 11.4. The van der Waals surface area contributed by atoms with Gasteiger partial charge in [-0.25, -0.2) is 5.43 Å². The molecular weight excluding hydrogens is 570 g/mol. The maximum atomic E-state index is 12.1. The standard InChI is InChI=1S/C33H29N9O3/c1-21(43)41-19-23(25-10-4-7-13-28(25)41)17-34-39-32-16-31(36-27-12-6-9-15-30(27)45-3)37-33(38-32)40-35-18-24-20-42(22(2)44)29-14-8-5-11-26(24)29/h4-20H,1-3H3,(H3,36,37,38,39,40). The number of aromatic nitrogens is 4. The average molecular weight is 600 g/mol. The summed E-state index contributed by atoms with van der Waals surface area (Å²) in [7, 11) is 1.59. The van der Waals surface area contributed by atoms with Crippen LogP contribution >= 0.6 is 0 Å². The number of fused-ring (bicyclic) bond motifs is 2. The summed E-state index contributed by atoms with van der Waals surface area (Å²) in [5.41, 5.74) is 9.67. The first-order chi connectivity index (χ1) is 21.9. The highest BCUT2D eigenvalue weighted by molar-refractivity contribution is 6.04. The molecule has 12 nitrogen and oxygen atoms in total. The number of hydrogen-bond acceptors (Lipinski definition) is 10. The number of methoxy groups -OCH3 is 1. The molecule has 45 heavy (non-hydrogen) atoms. The fourth-order valence-electron chi connectivity index (χ4n) is 4.97. The molecule has 0 spiro atoms. The molecule has 3 heterocycles. The van der Waals surface area contributed by atoms with Crippen LogP contribution in [0.1, 0.15) is 34.6 Å². The topological polar surface area (TPSA) is 140 Å². The summed E-state index contributed by atoms with van der Waals surface area (Å²) in [6.45, 7) is 3.03. The Bertz CT molecular complexity index is 1990. The summed E-state index contributed by atoms with van der Waals surface area (Å²) >= 11 is 0. The molecule has 0 amide bonds. The predicted molar refractivity (Wildman–Crippen MR) is 177 cm³/mol. The first-order valence-electron chi connectivity index (χ1n) is 14.0. The van der Waals surface area contributed by atoms with Crippen molar-refractivity contribution in [2.75, 3.05) is 23.3 Å². The van der Waals surface area contributed by atoms with Crippen molar-refractivity contribution in [2.24, 2.45) is 10.2 Å². The van der Waals surface area contributed by atoms with E-state index in [1.165, 1.54) is 13.8 Å². The van der Waals surface area contributed by atoms with Crippen LogP contribution in [-0.4, -0.2) is 50.5 Å². The molecule has 224 valence electrons. The predicted octanol–water partition coefficient (Wildman–Crippen LogP) is 6.35. The monoisotopic (exact) mass is 599 g/mol. The zero-order chi connectivity index (χ0) is 31.3. The van der Waals surface area contributed by atoms with E-state index in [2.05, 4.69) is 36.3 Å². The lowest BCUT2D eigenvalue weighted by Gasteiger charge is -2.12. The number of anilines is 4. The van der Waals surface area contributed by atoms with E-state index in [1.54, 1.807) is 47.1 Å². The Morgan fingerprint density at radius 3 is 1.87 bits per heavy atom. The van der Waals surface area contributed by atoms with Crippen molar-refractivity contribution in [3.05, 3.63) is 102 Å². The van der Waals surface area contributed by atoms with E-state index in [1.807, 2.05) is 72.8 Å². The molecule has 3 aromatic carbocycles. The van der Waals surface area contributed by atoms with Crippen LogP contribution < -0.4 is 20.9 Å². The fourth-order valence-corrected chi connectivity index (χ4v) is 4.97. The van der Waals surface area contributed by atoms with Gasteiger partial charge in [0, 0.05) is 54.2 Å². The molecule has 0 saturated heterocycles. The minimum Gasteiger partial charge on any atom is -0.495 e. The van der Waals surface area contributed by atoms with Gasteiger partial charge in [0.05, 0.1) is 36.3 Å². The summed E-state index contributed by atoms with van der Waals surface area (Å²) in [4.78, 5) is 33.4. The Labute approximate surface area is 258 Å². The van der Waals surface area contributed by atoms with Crippen LogP contribution in [0, 0.1) is 0 Å². The molecule has 0 aliphatic rings. The Balaban J connectivity index is 1.29. The van der Waals surface area contributed by atoms with Crippen LogP contribution in [-0.2, 0) is 0 Å². The average Bonchev–Trinajstić information content (AvgIpc) is 3.61. The number of rotatable bonds is 9. The zero-order valence-electron chi connectivity index (χ0n) is 24.7. The number of carbonyl (C=O) groups is 2. The van der Waals surface area contributed by atoms with E-state index in [-0.39, 0.29) is 17.8 Å². The summed E-state index contributed by atoms with van der Waals surface area (Å²) < 4.78 is 8.65. The molecule has 6 aromatic rings. The zero-order valence-corrected chi connectivity index (χ0v) is 24.7. The molecule has 0 aliphatic carbocycles. The minimum atomic E-state index is -0.0978. The number of nitrogens with one attached hydrogen (secondary N) is 3. The summed E-state index contributed by atoms with van der Waals surface area (Å²) in [5, 5.41) is 13.8. The van der Waals surface area contributed by atoms with Crippen LogP contribution in [0.4, 0.5) is 23.3 Å². The van der Waals surface area contributed by atoms with Crippen molar-refractivity contribution in [1.82, 2.24) is 19.1 Å². The molecule has 0 aliphatic heterocycles. The number of hydrogen-bond donors (Lipinski definition) is 3. The smallest absolute Gasteiger partial charge is 0.247 e. The molecule has 3 aromatic heterocycles. The van der Waals surface area contributed by atoms with Gasteiger partial charge in [0.25, 0.3) is 0 Å². The second-order valence-corrected chi connectivity index (χ2v) is 10.0. The van der Waals surface area contributed by atoms with Crippen molar-refractivity contribution in [3.8, 4) is 5.75 Å². The number of hydrazone groups is 2. The fraction of sp³-hybridized carbons (Fsp3) is 0.0909. The minimum absolute atomic E-state index is 0.0937. The third kappa shape index (κ3) is 6.11. The van der Waals surface area contributed by atoms with E-state index in [0.717, 1.165) is 32.9 Å². The number of para-hydroxylation sites is 4. The Kier molecular flexibility index (Phi) is 8.01. The summed E-state index contributed by atoms with van der Waals surface area (Å²) in [6.07, 6.45) is 6.73. The van der Waals surface area contributed by atoms with Gasteiger partial charge in [0.1, 0.15) is 11.6 Å². The van der Waals surface area contributed by atoms with Gasteiger partial charge in [-0.05, 0) is 24.3 Å². The van der Waals surface area contributed by atoms with Crippen LogP contribution in [0.5, 0.6) is 5.75 Å². The van der Waals surface area contributed by atoms with Gasteiger partial charge in [-0.15, -0.1) is 0 Å². The van der Waals surface area contributed by atoms with Crippen molar-refractivity contribution < 1.29 is 14.3 Å². The lowest BCUT2D eigenvalue weighted by Crippen LogP contribution is -2.05. The van der Waals surface area contributed by atoms with E-state index in [4.69, 9.17) is 4.74 Å². The molecule has 6 rings (SSSR count). The lowest BCUT2D eigenvalue weighted by atomic mass is 10.2. The number of ether oxygens (including phenoxy) is 1. The quantitative estimate of drug-likeness (QED) is 0.129. The van der Waals surface area contributed by atoms with Gasteiger partial charge in [-0.3, -0.25) is 24.1 Å². The maximum absolute atomic E-state index is 12.1. The highest BCUT2D eigenvalue weighted by Gasteiger charge is 2.12. The van der Waals surface area contributed by atoms with E-state index < -0.39 is 0 Å². The second kappa shape index (κ2) is 12.5. The van der Waals surface area contributed by atoms with Gasteiger partial charge in [-0.2, -0.15) is 20.2 Å². The molecule has 12 heteroatoms. The molecule has 0 bridgehead atoms. The Morgan fingerprint density at radius 2 is 1.27 bits per heavy atom. The highest BCUT2D eigenvalue weighted by atomic mass is 16.5. The van der Waals surface area contributed by atoms with E-state index in [9.17, 15) is 9.59 Å². The Morgan fingerprint density at radius 1 is 0.733 bits per heavy atom. The van der Waals surface area contributed by atoms with Crippen LogP contribution in [0.3, 0.4) is 0 Å². The van der Waals surface area contributed by atoms with Crippen LogP contribution in [0.15, 0.2) is 101 Å².